The van der Waals surface area contributed by atoms with Gasteiger partial charge in [0, 0.05) is 25.3 Å². The summed E-state index contributed by atoms with van der Waals surface area (Å²) in [6.07, 6.45) is 0.897. The van der Waals surface area contributed by atoms with Gasteiger partial charge in [0.2, 0.25) is 5.91 Å². The van der Waals surface area contributed by atoms with Crippen molar-refractivity contribution in [1.82, 2.24) is 25.0 Å². The van der Waals surface area contributed by atoms with E-state index in [-0.39, 0.29) is 17.5 Å². The molecule has 0 radical (unpaired) electrons. The number of rotatable bonds is 9. The van der Waals surface area contributed by atoms with Gasteiger partial charge in [0.1, 0.15) is 5.82 Å². The molecule has 1 fully saturated rings. The fourth-order valence-electron chi connectivity index (χ4n) is 3.53. The van der Waals surface area contributed by atoms with Crippen molar-refractivity contribution in [1.29, 1.82) is 0 Å². The van der Waals surface area contributed by atoms with E-state index in [1.54, 1.807) is 22.8 Å². The Balaban J connectivity index is 1.39. The van der Waals surface area contributed by atoms with Crippen LogP contribution in [0.15, 0.2) is 59.8 Å². The zero-order valence-corrected chi connectivity index (χ0v) is 18.6. The average molecular weight is 456 g/mol. The van der Waals surface area contributed by atoms with Gasteiger partial charge in [-0.25, -0.2) is 4.39 Å². The van der Waals surface area contributed by atoms with Crippen LogP contribution in [0.4, 0.5) is 4.39 Å². The molecule has 0 aliphatic carbocycles. The van der Waals surface area contributed by atoms with Crippen LogP contribution in [0, 0.1) is 5.82 Å². The first-order chi connectivity index (χ1) is 15.7. The largest absolute Gasteiger partial charge is 0.379 e. The molecule has 168 valence electrons. The van der Waals surface area contributed by atoms with E-state index >= 15 is 0 Å². The van der Waals surface area contributed by atoms with Gasteiger partial charge < -0.3 is 10.1 Å². The summed E-state index contributed by atoms with van der Waals surface area (Å²) in [4.78, 5) is 14.7. The van der Waals surface area contributed by atoms with Gasteiger partial charge in [-0.3, -0.25) is 14.3 Å². The molecule has 1 aromatic heterocycles. The predicted octanol–water partition coefficient (Wildman–Crippen LogP) is 3.00. The summed E-state index contributed by atoms with van der Waals surface area (Å²) < 4.78 is 21.6. The van der Waals surface area contributed by atoms with E-state index in [0.29, 0.717) is 23.1 Å². The zero-order chi connectivity index (χ0) is 22.2. The highest BCUT2D eigenvalue weighted by Gasteiger charge is 2.19. The van der Waals surface area contributed by atoms with Crippen LogP contribution < -0.4 is 5.32 Å². The van der Waals surface area contributed by atoms with Gasteiger partial charge in [-0.05, 0) is 37.2 Å². The maximum atomic E-state index is 14.4. The monoisotopic (exact) mass is 455 g/mol. The zero-order valence-electron chi connectivity index (χ0n) is 17.7. The van der Waals surface area contributed by atoms with Gasteiger partial charge in [-0.15, -0.1) is 10.2 Å². The van der Waals surface area contributed by atoms with Gasteiger partial charge in [0.15, 0.2) is 11.0 Å². The minimum Gasteiger partial charge on any atom is -0.379 e. The molecule has 1 saturated heterocycles. The van der Waals surface area contributed by atoms with E-state index in [2.05, 4.69) is 20.4 Å². The molecule has 0 saturated carbocycles. The first kappa shape index (κ1) is 22.4. The van der Waals surface area contributed by atoms with E-state index < -0.39 is 0 Å². The smallest absolute Gasteiger partial charge is 0.230 e. The lowest BCUT2D eigenvalue weighted by Crippen LogP contribution is -2.38. The minimum atomic E-state index is -0.369. The Morgan fingerprint density at radius 1 is 1.06 bits per heavy atom. The molecule has 0 bridgehead atoms. The van der Waals surface area contributed by atoms with Crippen LogP contribution in [0.2, 0.25) is 0 Å². The number of halogens is 1. The van der Waals surface area contributed by atoms with Gasteiger partial charge in [-0.2, -0.15) is 0 Å². The molecule has 0 atom stereocenters. The molecule has 9 heteroatoms. The molecule has 4 rings (SSSR count). The van der Waals surface area contributed by atoms with E-state index in [0.717, 1.165) is 45.0 Å². The van der Waals surface area contributed by atoms with Gasteiger partial charge >= 0.3 is 0 Å². The fourth-order valence-corrected chi connectivity index (χ4v) is 4.31. The van der Waals surface area contributed by atoms with Crippen molar-refractivity contribution >= 4 is 17.7 Å². The minimum absolute atomic E-state index is 0.0629. The summed E-state index contributed by atoms with van der Waals surface area (Å²) in [5.41, 5.74) is 1.17. The number of carbonyl (C=O) groups excluding carboxylic acids is 1. The number of ether oxygens (including phenoxy) is 1. The molecule has 32 heavy (non-hydrogen) atoms. The van der Waals surface area contributed by atoms with E-state index in [9.17, 15) is 9.18 Å². The number of para-hydroxylation sites is 1. The number of hydrogen-bond acceptors (Lipinski definition) is 6. The SMILES string of the molecule is O=C(CSc1nnc(-c2ccccc2F)n1-c1ccccc1)NCCCN1CCOCC1. The number of aromatic nitrogens is 3. The Labute approximate surface area is 191 Å². The Morgan fingerprint density at radius 2 is 1.81 bits per heavy atom. The highest BCUT2D eigenvalue weighted by Crippen LogP contribution is 2.29. The van der Waals surface area contributed by atoms with Crippen LogP contribution in [-0.2, 0) is 9.53 Å². The summed E-state index contributed by atoms with van der Waals surface area (Å²) in [7, 11) is 0. The third kappa shape index (κ3) is 5.73. The van der Waals surface area contributed by atoms with Gasteiger partial charge in [0.25, 0.3) is 0 Å². The Hall–Kier alpha value is -2.75. The van der Waals surface area contributed by atoms with Gasteiger partial charge in [-0.1, -0.05) is 42.1 Å². The molecule has 0 unspecified atom stereocenters. The molecule has 0 spiro atoms. The van der Waals surface area contributed by atoms with E-state index in [1.807, 2.05) is 30.3 Å². The third-order valence-corrected chi connectivity index (χ3v) is 6.10. The predicted molar refractivity (Wildman–Crippen MR) is 122 cm³/mol. The van der Waals surface area contributed by atoms with Crippen LogP contribution in [0.3, 0.4) is 0 Å². The maximum absolute atomic E-state index is 14.4. The molecule has 2 aromatic carbocycles. The first-order valence-corrected chi connectivity index (χ1v) is 11.7. The molecule has 7 nitrogen and oxygen atoms in total. The number of amides is 1. The fraction of sp³-hybridized carbons (Fsp3) is 0.348. The summed E-state index contributed by atoms with van der Waals surface area (Å²) >= 11 is 1.29. The second-order valence-corrected chi connectivity index (χ2v) is 8.35. The first-order valence-electron chi connectivity index (χ1n) is 10.7. The van der Waals surface area contributed by atoms with Crippen LogP contribution in [0.25, 0.3) is 17.1 Å². The van der Waals surface area contributed by atoms with Gasteiger partial charge in [0.05, 0.1) is 24.5 Å². The van der Waals surface area contributed by atoms with Crippen LogP contribution in [-0.4, -0.2) is 70.7 Å². The van der Waals surface area contributed by atoms with Crippen molar-refractivity contribution in [3.63, 3.8) is 0 Å². The van der Waals surface area contributed by atoms with Crippen LogP contribution in [0.5, 0.6) is 0 Å². The van der Waals surface area contributed by atoms with Crippen LogP contribution >= 0.6 is 11.8 Å². The molecule has 1 aliphatic heterocycles. The lowest BCUT2D eigenvalue weighted by atomic mass is 10.2. The normalized spacial score (nSPS) is 14.4. The van der Waals surface area contributed by atoms with Crippen molar-refractivity contribution in [2.75, 3.05) is 45.1 Å². The van der Waals surface area contributed by atoms with Crippen molar-refractivity contribution < 1.29 is 13.9 Å². The highest BCUT2D eigenvalue weighted by molar-refractivity contribution is 7.99. The third-order valence-electron chi connectivity index (χ3n) is 5.17. The van der Waals surface area contributed by atoms with Crippen molar-refractivity contribution in [2.24, 2.45) is 0 Å². The average Bonchev–Trinajstić information content (AvgIpc) is 3.26. The Morgan fingerprint density at radius 3 is 2.59 bits per heavy atom. The second-order valence-electron chi connectivity index (χ2n) is 7.40. The Bertz CT molecular complexity index is 1020. The number of morpholine rings is 1. The summed E-state index contributed by atoms with van der Waals surface area (Å²) in [6.45, 7) is 5.03. The number of benzene rings is 2. The Kier molecular flexibility index (Phi) is 7.87. The van der Waals surface area contributed by atoms with Crippen molar-refractivity contribution in [3.05, 3.63) is 60.4 Å². The summed E-state index contributed by atoms with van der Waals surface area (Å²) in [5, 5.41) is 12.0. The van der Waals surface area contributed by atoms with E-state index in [4.69, 9.17) is 4.74 Å². The molecule has 1 amide bonds. The molecule has 1 N–H and O–H groups in total. The summed E-state index contributed by atoms with van der Waals surface area (Å²) in [6, 6.07) is 16.0. The van der Waals surface area contributed by atoms with Crippen LogP contribution in [0.1, 0.15) is 6.42 Å². The molecule has 1 aliphatic rings. The molecule has 2 heterocycles. The highest BCUT2D eigenvalue weighted by atomic mass is 32.2. The molecular weight excluding hydrogens is 429 g/mol. The number of thioether (sulfide) groups is 1. The standard InChI is InChI=1S/C23H26FN5O2S/c24-20-10-5-4-9-19(20)22-26-27-23(29(22)18-7-2-1-3-8-18)32-17-21(30)25-11-6-12-28-13-15-31-16-14-28/h1-5,7-10H,6,11-17H2,(H,25,30). The maximum Gasteiger partial charge on any atom is 0.230 e. The lowest BCUT2D eigenvalue weighted by molar-refractivity contribution is -0.118. The lowest BCUT2D eigenvalue weighted by Gasteiger charge is -2.26. The summed E-state index contributed by atoms with van der Waals surface area (Å²) in [5.74, 6) is 0.182. The van der Waals surface area contributed by atoms with Crippen molar-refractivity contribution in [2.45, 2.75) is 11.6 Å². The second kappa shape index (κ2) is 11.2. The van der Waals surface area contributed by atoms with Crippen molar-refractivity contribution in [3.8, 4) is 17.1 Å². The molecule has 3 aromatic rings. The number of nitrogens with one attached hydrogen (secondary N) is 1. The number of nitrogens with zero attached hydrogens (tertiary/aromatic N) is 4. The molecular formula is C23H26FN5O2S. The van der Waals surface area contributed by atoms with E-state index in [1.165, 1.54) is 17.8 Å². The number of hydrogen-bond donors (Lipinski definition) is 1. The number of carbonyl (C=O) groups is 1. The topological polar surface area (TPSA) is 72.3 Å². The quantitative estimate of drug-likeness (QED) is 0.395.